The molecule has 4 aliphatic carbocycles. The summed E-state index contributed by atoms with van der Waals surface area (Å²) in [4.78, 5) is 34.7. The Balaban J connectivity index is 0.901. The molecule has 4 saturated carbocycles. The van der Waals surface area contributed by atoms with E-state index < -0.39 is 10.0 Å². The first-order chi connectivity index (χ1) is 20.1. The molecule has 3 N–H and O–H groups in total. The normalized spacial score (nSPS) is 37.6. The first-order valence-corrected chi connectivity index (χ1v) is 17.6. The standard InChI is InChI=1S/C30H44N6O5S/c1-42(39,40)35-8-6-34(7-9-35)25-4-5-26(32-17-25)41-18-20-12-23-2-3-24(13-20)36(23)29(38)33-27-21-10-19-11-22(27)16-30(14-19,15-21)28(31)37/h4-5,17,19-24,27H,2-3,6-16,18H2,1H3,(H2,31,37)(H,33,38)/t19?,20?,21-,22+,23?,24?,27?,30?. The van der Waals surface area contributed by atoms with E-state index >= 15 is 0 Å². The van der Waals surface area contributed by atoms with Crippen molar-refractivity contribution in [3.8, 4) is 5.88 Å². The van der Waals surface area contributed by atoms with E-state index in [0.717, 1.165) is 63.5 Å². The highest BCUT2D eigenvalue weighted by atomic mass is 32.2. The Bertz CT molecular complexity index is 1290. The van der Waals surface area contributed by atoms with Gasteiger partial charge in [0.2, 0.25) is 21.8 Å². The van der Waals surface area contributed by atoms with Crippen LogP contribution in [0.3, 0.4) is 0 Å². The van der Waals surface area contributed by atoms with Crippen molar-refractivity contribution >= 4 is 27.6 Å². The van der Waals surface area contributed by atoms with Crippen molar-refractivity contribution in [3.63, 3.8) is 0 Å². The monoisotopic (exact) mass is 600 g/mol. The Hall–Kier alpha value is -2.60. The summed E-state index contributed by atoms with van der Waals surface area (Å²) in [6.45, 7) is 2.83. The van der Waals surface area contributed by atoms with Crippen molar-refractivity contribution in [2.75, 3.05) is 43.9 Å². The van der Waals surface area contributed by atoms with Gasteiger partial charge in [-0.15, -0.1) is 0 Å². The summed E-state index contributed by atoms with van der Waals surface area (Å²) in [5, 5.41) is 3.46. The van der Waals surface area contributed by atoms with Crippen LogP contribution in [0.4, 0.5) is 10.5 Å². The largest absolute Gasteiger partial charge is 0.477 e. The van der Waals surface area contributed by atoms with Crippen LogP contribution in [-0.2, 0) is 14.8 Å². The topological polar surface area (TPSA) is 138 Å². The van der Waals surface area contributed by atoms with E-state index in [1.54, 1.807) is 6.20 Å². The number of piperidine rings is 1. The maximum absolute atomic E-state index is 13.6. The number of aromatic nitrogens is 1. The molecule has 11 nitrogen and oxygen atoms in total. The quantitative estimate of drug-likeness (QED) is 0.489. The van der Waals surface area contributed by atoms with Crippen LogP contribution >= 0.6 is 0 Å². The number of primary amides is 1. The molecule has 6 bridgehead atoms. The fourth-order valence-corrected chi connectivity index (χ4v) is 10.5. The molecular weight excluding hydrogens is 556 g/mol. The number of hydrogen-bond donors (Lipinski definition) is 2. The summed E-state index contributed by atoms with van der Waals surface area (Å²) >= 11 is 0. The molecule has 3 amide bonds. The molecule has 7 fully saturated rings. The average molecular weight is 601 g/mol. The minimum absolute atomic E-state index is 0.0853. The van der Waals surface area contributed by atoms with Crippen LogP contribution in [0.15, 0.2) is 18.3 Å². The van der Waals surface area contributed by atoms with E-state index in [9.17, 15) is 18.0 Å². The predicted octanol–water partition coefficient (Wildman–Crippen LogP) is 2.17. The fraction of sp³-hybridized carbons (Fsp3) is 0.767. The number of carbonyl (C=O) groups excluding carboxylic acids is 2. The van der Waals surface area contributed by atoms with Crippen molar-refractivity contribution in [1.29, 1.82) is 0 Å². The van der Waals surface area contributed by atoms with Gasteiger partial charge in [-0.25, -0.2) is 18.2 Å². The summed E-state index contributed by atoms with van der Waals surface area (Å²) in [6.07, 6.45) is 11.9. The van der Waals surface area contributed by atoms with Gasteiger partial charge < -0.3 is 25.6 Å². The molecule has 12 heteroatoms. The number of ether oxygens (including phenoxy) is 1. The van der Waals surface area contributed by atoms with Crippen LogP contribution in [0.1, 0.15) is 57.8 Å². The van der Waals surface area contributed by atoms with Crippen LogP contribution in [0.2, 0.25) is 0 Å². The zero-order valence-corrected chi connectivity index (χ0v) is 25.3. The number of rotatable bonds is 7. The SMILES string of the molecule is CS(=O)(=O)N1CCN(c2ccc(OCC3CC4CCC(C3)N4C(=O)NC3[C@@H]4CC5C[C@H]3CC(C(N)=O)(C5)C4)nc2)CC1. The van der Waals surface area contributed by atoms with Gasteiger partial charge in [0.1, 0.15) is 0 Å². The number of nitrogens with one attached hydrogen (secondary N) is 1. The van der Waals surface area contributed by atoms with E-state index in [2.05, 4.69) is 20.1 Å². The van der Waals surface area contributed by atoms with E-state index in [0.29, 0.717) is 62.3 Å². The molecule has 0 aromatic carbocycles. The molecule has 1 aromatic heterocycles. The van der Waals surface area contributed by atoms with E-state index in [-0.39, 0.29) is 35.5 Å². The molecular formula is C30H44N6O5S. The van der Waals surface area contributed by atoms with E-state index in [1.807, 2.05) is 12.1 Å². The minimum Gasteiger partial charge on any atom is -0.477 e. The number of nitrogens with zero attached hydrogens (tertiary/aromatic N) is 4. The van der Waals surface area contributed by atoms with Gasteiger partial charge in [0.15, 0.2) is 0 Å². The number of fused-ring (bicyclic) bond motifs is 2. The number of nitrogens with two attached hydrogens (primary N) is 1. The van der Waals surface area contributed by atoms with Gasteiger partial charge in [-0.1, -0.05) is 0 Å². The first kappa shape index (κ1) is 28.2. The smallest absolute Gasteiger partial charge is 0.318 e. The first-order valence-electron chi connectivity index (χ1n) is 15.8. The van der Waals surface area contributed by atoms with Crippen LogP contribution in [0, 0.1) is 29.1 Å². The second-order valence-electron chi connectivity index (χ2n) is 14.0. The molecule has 0 spiro atoms. The van der Waals surface area contributed by atoms with Crippen molar-refractivity contribution in [3.05, 3.63) is 18.3 Å². The number of pyridine rings is 1. The molecule has 230 valence electrons. The van der Waals surface area contributed by atoms with Gasteiger partial charge in [0, 0.05) is 55.8 Å². The Kier molecular flexibility index (Phi) is 7.07. The van der Waals surface area contributed by atoms with Crippen molar-refractivity contribution in [2.45, 2.75) is 75.9 Å². The number of hydrogen-bond acceptors (Lipinski definition) is 7. The lowest BCUT2D eigenvalue weighted by Gasteiger charge is -2.59. The number of carbonyl (C=O) groups is 2. The zero-order chi connectivity index (χ0) is 29.2. The lowest BCUT2D eigenvalue weighted by molar-refractivity contribution is -0.145. The number of urea groups is 1. The highest BCUT2D eigenvalue weighted by Crippen LogP contribution is 2.60. The molecule has 7 atom stereocenters. The number of piperazine rings is 1. The van der Waals surface area contributed by atoms with E-state index in [1.165, 1.54) is 10.6 Å². The second-order valence-corrected chi connectivity index (χ2v) is 16.0. The molecule has 8 rings (SSSR count). The summed E-state index contributed by atoms with van der Waals surface area (Å²) in [7, 11) is -3.15. The lowest BCUT2D eigenvalue weighted by Crippen LogP contribution is -2.64. The molecule has 7 aliphatic rings. The molecule has 3 saturated heterocycles. The van der Waals surface area contributed by atoms with Crippen LogP contribution in [-0.4, -0.2) is 91.7 Å². The molecule has 0 radical (unpaired) electrons. The predicted molar refractivity (Wildman–Crippen MR) is 157 cm³/mol. The third-order valence-corrected chi connectivity index (χ3v) is 12.7. The van der Waals surface area contributed by atoms with Crippen LogP contribution in [0.5, 0.6) is 5.88 Å². The van der Waals surface area contributed by atoms with Gasteiger partial charge in [0.25, 0.3) is 0 Å². The van der Waals surface area contributed by atoms with E-state index in [4.69, 9.17) is 10.5 Å². The van der Waals surface area contributed by atoms with Crippen LogP contribution < -0.4 is 20.7 Å². The van der Waals surface area contributed by atoms with Crippen molar-refractivity contribution in [1.82, 2.24) is 19.5 Å². The summed E-state index contributed by atoms with van der Waals surface area (Å²) in [5.74, 6) is 2.16. The van der Waals surface area contributed by atoms with Crippen LogP contribution in [0.25, 0.3) is 0 Å². The van der Waals surface area contributed by atoms with Gasteiger partial charge in [-0.2, -0.15) is 4.31 Å². The molecule has 42 heavy (non-hydrogen) atoms. The maximum atomic E-state index is 13.6. The second kappa shape index (κ2) is 10.5. The Morgan fingerprint density at radius 2 is 1.69 bits per heavy atom. The molecule has 4 heterocycles. The highest BCUT2D eigenvalue weighted by molar-refractivity contribution is 7.88. The van der Waals surface area contributed by atoms with Gasteiger partial charge in [-0.3, -0.25) is 4.79 Å². The summed E-state index contributed by atoms with van der Waals surface area (Å²) < 4.78 is 31.2. The Labute approximate surface area is 248 Å². The Morgan fingerprint density at radius 1 is 1.02 bits per heavy atom. The van der Waals surface area contributed by atoms with Gasteiger partial charge in [0.05, 0.1) is 24.7 Å². The number of sulfonamides is 1. The maximum Gasteiger partial charge on any atom is 0.318 e. The third-order valence-electron chi connectivity index (χ3n) is 11.4. The van der Waals surface area contributed by atoms with Gasteiger partial charge in [-0.05, 0) is 87.5 Å². The molecule has 5 unspecified atom stereocenters. The zero-order valence-electron chi connectivity index (χ0n) is 24.5. The Morgan fingerprint density at radius 3 is 2.26 bits per heavy atom. The molecule has 3 aliphatic heterocycles. The number of anilines is 1. The van der Waals surface area contributed by atoms with Crippen molar-refractivity contribution in [2.24, 2.45) is 34.8 Å². The fourth-order valence-electron chi connectivity index (χ4n) is 9.66. The summed E-state index contributed by atoms with van der Waals surface area (Å²) in [6, 6.07) is 4.62. The third kappa shape index (κ3) is 5.12. The highest BCUT2D eigenvalue weighted by Gasteiger charge is 2.58. The lowest BCUT2D eigenvalue weighted by atomic mass is 9.47. The minimum atomic E-state index is -3.15. The van der Waals surface area contributed by atoms with Gasteiger partial charge >= 0.3 is 6.03 Å². The molecule has 1 aromatic rings. The average Bonchev–Trinajstić information content (AvgIpc) is 3.23. The van der Waals surface area contributed by atoms with Crippen molar-refractivity contribution < 1.29 is 22.7 Å². The summed E-state index contributed by atoms with van der Waals surface area (Å²) in [5.41, 5.74) is 6.50. The number of amides is 3.